The second-order valence-corrected chi connectivity index (χ2v) is 8.46. The summed E-state index contributed by atoms with van der Waals surface area (Å²) in [6, 6.07) is 8.01. The van der Waals surface area contributed by atoms with Crippen LogP contribution < -0.4 is 9.46 Å². The van der Waals surface area contributed by atoms with Crippen molar-refractivity contribution in [1.82, 2.24) is 4.72 Å². The highest BCUT2D eigenvalue weighted by Gasteiger charge is 2.27. The van der Waals surface area contributed by atoms with Crippen molar-refractivity contribution < 1.29 is 8.95 Å². The molecule has 22 heavy (non-hydrogen) atoms. The van der Waals surface area contributed by atoms with E-state index in [4.69, 9.17) is 4.74 Å². The molecule has 120 valence electrons. The minimum absolute atomic E-state index is 0.0205. The van der Waals surface area contributed by atoms with Crippen molar-refractivity contribution in [3.05, 3.63) is 54.1 Å². The molecule has 0 aromatic heterocycles. The predicted octanol–water partition coefficient (Wildman–Crippen LogP) is 3.92. The first-order valence-electron chi connectivity index (χ1n) is 7.57. The van der Waals surface area contributed by atoms with Crippen molar-refractivity contribution in [3.8, 4) is 5.75 Å². The first kappa shape index (κ1) is 17.0. The van der Waals surface area contributed by atoms with E-state index < -0.39 is 11.0 Å². The Morgan fingerprint density at radius 2 is 1.91 bits per heavy atom. The number of hydrogen-bond donors (Lipinski definition) is 1. The lowest BCUT2D eigenvalue weighted by atomic mass is 9.88. The van der Waals surface area contributed by atoms with Crippen LogP contribution in [0, 0.1) is 5.92 Å². The molecule has 3 nitrogen and oxygen atoms in total. The van der Waals surface area contributed by atoms with Gasteiger partial charge < -0.3 is 4.74 Å². The molecule has 1 unspecified atom stereocenters. The Hall–Kier alpha value is -1.39. The first-order chi connectivity index (χ1) is 10.4. The van der Waals surface area contributed by atoms with Gasteiger partial charge in [-0.05, 0) is 44.9 Å². The fraction of sp³-hybridized carbons (Fsp3) is 0.444. The standard InChI is InChI=1S/C18H25NO2S/c1-18(2,3)22(20)19-17(14-8-6-5-7-9-14)15-10-12-16(21-4)13-11-15/h5-8,10-14,17,19H,9H2,1-4H3/t14-,17-,22?/m0/s1. The number of benzene rings is 1. The van der Waals surface area contributed by atoms with Gasteiger partial charge in [0, 0.05) is 5.92 Å². The van der Waals surface area contributed by atoms with Crippen LogP contribution in [0.4, 0.5) is 0 Å². The topological polar surface area (TPSA) is 38.3 Å². The lowest BCUT2D eigenvalue weighted by Crippen LogP contribution is -2.38. The van der Waals surface area contributed by atoms with E-state index in [0.29, 0.717) is 5.92 Å². The molecule has 0 amide bonds. The average Bonchev–Trinajstić information content (AvgIpc) is 2.52. The molecule has 1 aliphatic carbocycles. The van der Waals surface area contributed by atoms with Gasteiger partial charge in [-0.3, -0.25) is 0 Å². The van der Waals surface area contributed by atoms with Crippen LogP contribution in [0.2, 0.25) is 0 Å². The van der Waals surface area contributed by atoms with E-state index in [1.165, 1.54) is 0 Å². The van der Waals surface area contributed by atoms with Crippen molar-refractivity contribution in [3.63, 3.8) is 0 Å². The molecule has 1 aromatic carbocycles. The van der Waals surface area contributed by atoms with Crippen LogP contribution in [-0.2, 0) is 11.0 Å². The minimum atomic E-state index is -1.12. The van der Waals surface area contributed by atoms with E-state index in [1.54, 1.807) is 7.11 Å². The second kappa shape index (κ2) is 7.25. The normalized spacial score (nSPS) is 20.6. The van der Waals surface area contributed by atoms with Crippen molar-refractivity contribution in [2.75, 3.05) is 7.11 Å². The van der Waals surface area contributed by atoms with Gasteiger partial charge in [0.1, 0.15) is 5.75 Å². The molecule has 0 aliphatic heterocycles. The van der Waals surface area contributed by atoms with Gasteiger partial charge in [-0.15, -0.1) is 0 Å². The molecule has 0 heterocycles. The lowest BCUT2D eigenvalue weighted by molar-refractivity contribution is 0.414. The summed E-state index contributed by atoms with van der Waals surface area (Å²) in [7, 11) is 0.545. The molecule has 0 bridgehead atoms. The van der Waals surface area contributed by atoms with E-state index >= 15 is 0 Å². The number of methoxy groups -OCH3 is 1. The zero-order chi connectivity index (χ0) is 16.2. The van der Waals surface area contributed by atoms with Crippen LogP contribution >= 0.6 is 0 Å². The Morgan fingerprint density at radius 1 is 1.23 bits per heavy atom. The first-order valence-corrected chi connectivity index (χ1v) is 8.72. The fourth-order valence-corrected chi connectivity index (χ4v) is 3.25. The van der Waals surface area contributed by atoms with Gasteiger partial charge in [0.05, 0.1) is 28.9 Å². The molecular formula is C18H25NO2S. The summed E-state index contributed by atoms with van der Waals surface area (Å²) < 4.78 is 20.8. The highest BCUT2D eigenvalue weighted by molar-refractivity contribution is 7.84. The van der Waals surface area contributed by atoms with E-state index in [1.807, 2.05) is 45.0 Å². The SMILES string of the molecule is COc1ccc([C@@H](NS(=O)C(C)(C)C)[C@H]2C=CC=CC2)cc1. The van der Waals surface area contributed by atoms with Gasteiger partial charge in [-0.2, -0.15) is 0 Å². The summed E-state index contributed by atoms with van der Waals surface area (Å²) in [5, 5.41) is 0. The molecule has 1 N–H and O–H groups in total. The Kier molecular flexibility index (Phi) is 5.59. The molecule has 1 aliphatic rings. The zero-order valence-electron chi connectivity index (χ0n) is 13.7. The third kappa shape index (κ3) is 4.31. The highest BCUT2D eigenvalue weighted by Crippen LogP contribution is 2.31. The predicted molar refractivity (Wildman–Crippen MR) is 93.2 cm³/mol. The van der Waals surface area contributed by atoms with Gasteiger partial charge in [0.15, 0.2) is 0 Å². The van der Waals surface area contributed by atoms with Gasteiger partial charge in [0.25, 0.3) is 0 Å². The smallest absolute Gasteiger partial charge is 0.118 e. The molecule has 0 spiro atoms. The molecule has 4 heteroatoms. The maximum absolute atomic E-state index is 12.5. The van der Waals surface area contributed by atoms with Crippen molar-refractivity contribution in [2.45, 2.75) is 38.0 Å². The van der Waals surface area contributed by atoms with Gasteiger partial charge in [-0.25, -0.2) is 8.93 Å². The monoisotopic (exact) mass is 319 g/mol. The van der Waals surface area contributed by atoms with Crippen LogP contribution in [0.3, 0.4) is 0 Å². The van der Waals surface area contributed by atoms with Crippen LogP contribution in [0.1, 0.15) is 38.8 Å². The van der Waals surface area contributed by atoms with Gasteiger partial charge in [-0.1, -0.05) is 36.4 Å². The van der Waals surface area contributed by atoms with Crippen LogP contribution in [0.25, 0.3) is 0 Å². The summed E-state index contributed by atoms with van der Waals surface area (Å²) in [4.78, 5) is 0. The summed E-state index contributed by atoms with van der Waals surface area (Å²) >= 11 is 0. The number of nitrogens with one attached hydrogen (secondary N) is 1. The largest absolute Gasteiger partial charge is 0.497 e. The summed E-state index contributed by atoms with van der Waals surface area (Å²) in [5.41, 5.74) is 1.13. The minimum Gasteiger partial charge on any atom is -0.497 e. The molecule has 2 rings (SSSR count). The van der Waals surface area contributed by atoms with Crippen molar-refractivity contribution in [1.29, 1.82) is 0 Å². The summed E-state index contributed by atoms with van der Waals surface area (Å²) in [5.74, 6) is 1.13. The average molecular weight is 319 g/mol. The molecule has 3 atom stereocenters. The zero-order valence-corrected chi connectivity index (χ0v) is 14.5. The quantitative estimate of drug-likeness (QED) is 0.893. The Balaban J connectivity index is 2.26. The van der Waals surface area contributed by atoms with Gasteiger partial charge >= 0.3 is 0 Å². The van der Waals surface area contributed by atoms with Crippen LogP contribution in [-0.4, -0.2) is 16.1 Å². The Bertz CT molecular complexity index is 570. The van der Waals surface area contributed by atoms with E-state index in [-0.39, 0.29) is 10.8 Å². The second-order valence-electron chi connectivity index (χ2n) is 6.46. The third-order valence-corrected chi connectivity index (χ3v) is 5.29. The number of hydrogen-bond acceptors (Lipinski definition) is 2. The van der Waals surface area contributed by atoms with E-state index in [0.717, 1.165) is 17.7 Å². The number of rotatable bonds is 5. The number of allylic oxidation sites excluding steroid dienone is 3. The number of ether oxygens (including phenoxy) is 1. The van der Waals surface area contributed by atoms with E-state index in [2.05, 4.69) is 29.0 Å². The maximum Gasteiger partial charge on any atom is 0.118 e. The van der Waals surface area contributed by atoms with Gasteiger partial charge in [0.2, 0.25) is 0 Å². The lowest BCUT2D eigenvalue weighted by Gasteiger charge is -2.29. The molecule has 0 saturated carbocycles. The molecular weight excluding hydrogens is 294 g/mol. The fourth-order valence-electron chi connectivity index (χ4n) is 2.35. The summed E-state index contributed by atoms with van der Waals surface area (Å²) in [6.45, 7) is 5.95. The van der Waals surface area contributed by atoms with E-state index in [9.17, 15) is 4.21 Å². The molecule has 0 fully saturated rings. The highest BCUT2D eigenvalue weighted by atomic mass is 32.2. The molecule has 0 radical (unpaired) electrons. The maximum atomic E-state index is 12.5. The van der Waals surface area contributed by atoms with Crippen molar-refractivity contribution in [2.24, 2.45) is 5.92 Å². The van der Waals surface area contributed by atoms with Crippen molar-refractivity contribution >= 4 is 11.0 Å². The Labute approximate surface area is 136 Å². The Morgan fingerprint density at radius 3 is 2.41 bits per heavy atom. The molecule has 1 aromatic rings. The van der Waals surface area contributed by atoms with Crippen LogP contribution in [0.5, 0.6) is 5.75 Å². The summed E-state index contributed by atoms with van der Waals surface area (Å²) in [6.07, 6.45) is 9.40. The molecule has 0 saturated heterocycles. The third-order valence-electron chi connectivity index (χ3n) is 3.71. The van der Waals surface area contributed by atoms with Crippen LogP contribution in [0.15, 0.2) is 48.6 Å².